The lowest BCUT2D eigenvalue weighted by Crippen LogP contribution is -2.42. The summed E-state index contributed by atoms with van der Waals surface area (Å²) in [5.74, 6) is -0.362. The maximum atomic E-state index is 15.3. The molecular weight excluding hydrogens is 348 g/mol. The van der Waals surface area contributed by atoms with Crippen LogP contribution in [0.4, 0.5) is 9.18 Å². The molecule has 2 heterocycles. The maximum absolute atomic E-state index is 15.3. The Balaban J connectivity index is 1.85. The van der Waals surface area contributed by atoms with Crippen molar-refractivity contribution in [2.75, 3.05) is 6.54 Å². The summed E-state index contributed by atoms with van der Waals surface area (Å²) in [6.45, 7) is 13.9. The van der Waals surface area contributed by atoms with Crippen LogP contribution in [0.5, 0.6) is 0 Å². The zero-order valence-corrected chi connectivity index (χ0v) is 17.3. The highest BCUT2D eigenvalue weighted by Gasteiger charge is 2.52. The van der Waals surface area contributed by atoms with Crippen molar-refractivity contribution < 1.29 is 23.2 Å². The number of hydrogen-bond donors (Lipinski definition) is 0. The third-order valence-electron chi connectivity index (χ3n) is 5.53. The van der Waals surface area contributed by atoms with Crippen LogP contribution in [-0.4, -0.2) is 41.5 Å². The molecule has 0 unspecified atom stereocenters. The summed E-state index contributed by atoms with van der Waals surface area (Å²) in [6.07, 6.45) is 0.170. The second-order valence-corrected chi connectivity index (χ2v) is 9.35. The fourth-order valence-electron chi connectivity index (χ4n) is 3.24. The summed E-state index contributed by atoms with van der Waals surface area (Å²) in [5, 5.41) is 0. The second-order valence-electron chi connectivity index (χ2n) is 9.35. The minimum atomic E-state index is -0.766. The topological polar surface area (TPSA) is 48.0 Å². The third kappa shape index (κ3) is 3.85. The monoisotopic (exact) mass is 377 g/mol. The number of ether oxygens (including phenoxy) is 1. The molecule has 1 amide bonds. The Labute approximate surface area is 161 Å². The van der Waals surface area contributed by atoms with Gasteiger partial charge in [-0.1, -0.05) is 12.1 Å². The SMILES string of the molecule is CC(C)(C)OC(=O)N1CCc2ccc(B3OC(C)(C)C(C)(C)O3)c(F)c2C1. The summed E-state index contributed by atoms with van der Waals surface area (Å²) in [7, 11) is -0.766. The molecule has 7 heteroatoms. The summed E-state index contributed by atoms with van der Waals surface area (Å²) in [4.78, 5) is 13.9. The van der Waals surface area contributed by atoms with Gasteiger partial charge in [0.15, 0.2) is 0 Å². The highest BCUT2D eigenvalue weighted by Crippen LogP contribution is 2.37. The highest BCUT2D eigenvalue weighted by atomic mass is 19.1. The molecule has 1 saturated heterocycles. The average molecular weight is 377 g/mol. The molecule has 2 aliphatic rings. The number of nitrogens with zero attached hydrogens (tertiary/aromatic N) is 1. The minimum Gasteiger partial charge on any atom is -0.444 e. The van der Waals surface area contributed by atoms with Crippen LogP contribution < -0.4 is 5.46 Å². The Bertz CT molecular complexity index is 741. The van der Waals surface area contributed by atoms with Crippen LogP contribution in [0.15, 0.2) is 12.1 Å². The van der Waals surface area contributed by atoms with E-state index in [4.69, 9.17) is 14.0 Å². The number of benzene rings is 1. The van der Waals surface area contributed by atoms with E-state index in [0.717, 1.165) is 5.56 Å². The minimum absolute atomic E-state index is 0.184. The van der Waals surface area contributed by atoms with Crippen molar-refractivity contribution in [3.05, 3.63) is 29.1 Å². The van der Waals surface area contributed by atoms with Crippen LogP contribution in [-0.2, 0) is 27.0 Å². The fourth-order valence-corrected chi connectivity index (χ4v) is 3.24. The number of fused-ring (bicyclic) bond motifs is 1. The van der Waals surface area contributed by atoms with E-state index in [2.05, 4.69) is 0 Å². The van der Waals surface area contributed by atoms with Gasteiger partial charge in [-0.3, -0.25) is 0 Å². The molecule has 2 aliphatic heterocycles. The highest BCUT2D eigenvalue weighted by molar-refractivity contribution is 6.62. The standard InChI is InChI=1S/C20H29BFNO4/c1-18(2,3)25-17(24)23-11-10-13-8-9-15(16(22)14(13)12-23)21-26-19(4,5)20(6,7)27-21/h8-9H,10-12H2,1-7H3. The van der Waals surface area contributed by atoms with Crippen molar-refractivity contribution in [1.82, 2.24) is 4.90 Å². The van der Waals surface area contributed by atoms with Gasteiger partial charge in [0.2, 0.25) is 0 Å². The fraction of sp³-hybridized carbons (Fsp3) is 0.650. The van der Waals surface area contributed by atoms with Crippen LogP contribution in [0.3, 0.4) is 0 Å². The van der Waals surface area contributed by atoms with Crippen molar-refractivity contribution in [2.24, 2.45) is 0 Å². The van der Waals surface area contributed by atoms with Gasteiger partial charge in [0.25, 0.3) is 0 Å². The van der Waals surface area contributed by atoms with E-state index in [1.54, 1.807) is 11.0 Å². The summed E-state index contributed by atoms with van der Waals surface area (Å²) in [6, 6.07) is 3.64. The number of carbonyl (C=O) groups excluding carboxylic acids is 1. The molecule has 1 fully saturated rings. The van der Waals surface area contributed by atoms with Gasteiger partial charge in [0.05, 0.1) is 17.7 Å². The van der Waals surface area contributed by atoms with Gasteiger partial charge in [0.1, 0.15) is 11.4 Å². The zero-order chi connectivity index (χ0) is 20.2. The summed E-state index contributed by atoms with van der Waals surface area (Å²) < 4.78 is 32.8. The van der Waals surface area contributed by atoms with E-state index >= 15 is 4.39 Å². The normalized spacial score (nSPS) is 21.2. The molecule has 148 valence electrons. The van der Waals surface area contributed by atoms with Gasteiger partial charge in [-0.05, 0) is 60.5 Å². The van der Waals surface area contributed by atoms with Gasteiger partial charge < -0.3 is 18.9 Å². The first-order valence-electron chi connectivity index (χ1n) is 9.44. The predicted molar refractivity (Wildman–Crippen MR) is 102 cm³/mol. The van der Waals surface area contributed by atoms with Crippen molar-refractivity contribution in [1.29, 1.82) is 0 Å². The molecule has 0 atom stereocenters. The van der Waals surface area contributed by atoms with Crippen LogP contribution in [0, 0.1) is 5.82 Å². The molecule has 0 N–H and O–H groups in total. The van der Waals surface area contributed by atoms with Gasteiger partial charge in [-0.15, -0.1) is 0 Å². The van der Waals surface area contributed by atoms with E-state index in [9.17, 15) is 4.79 Å². The average Bonchev–Trinajstić information content (AvgIpc) is 2.73. The first-order chi connectivity index (χ1) is 12.3. The number of hydrogen-bond acceptors (Lipinski definition) is 4. The van der Waals surface area contributed by atoms with Gasteiger partial charge in [0, 0.05) is 17.6 Å². The predicted octanol–water partition coefficient (Wildman–Crippen LogP) is 3.42. The second kappa shape index (κ2) is 6.48. The molecule has 27 heavy (non-hydrogen) atoms. The lowest BCUT2D eigenvalue weighted by Gasteiger charge is -2.32. The molecule has 1 aromatic rings. The quantitative estimate of drug-likeness (QED) is 0.704. The van der Waals surface area contributed by atoms with Gasteiger partial charge >= 0.3 is 13.2 Å². The third-order valence-corrected chi connectivity index (χ3v) is 5.53. The van der Waals surface area contributed by atoms with E-state index < -0.39 is 30.0 Å². The smallest absolute Gasteiger partial charge is 0.444 e. The first kappa shape index (κ1) is 20.1. The largest absolute Gasteiger partial charge is 0.497 e. The Hall–Kier alpha value is -1.60. The van der Waals surface area contributed by atoms with E-state index in [0.29, 0.717) is 24.0 Å². The van der Waals surface area contributed by atoms with Crippen LogP contribution in [0.25, 0.3) is 0 Å². The van der Waals surface area contributed by atoms with Crippen LogP contribution in [0.1, 0.15) is 59.6 Å². The summed E-state index contributed by atoms with van der Waals surface area (Å²) >= 11 is 0. The van der Waals surface area contributed by atoms with Crippen molar-refractivity contribution in [2.45, 2.75) is 78.2 Å². The van der Waals surface area contributed by atoms with Crippen molar-refractivity contribution in [3.63, 3.8) is 0 Å². The lowest BCUT2D eigenvalue weighted by atomic mass is 9.76. The lowest BCUT2D eigenvalue weighted by molar-refractivity contribution is 0.00578. The number of carbonyl (C=O) groups is 1. The Kier molecular flexibility index (Phi) is 4.84. The van der Waals surface area contributed by atoms with E-state index in [1.807, 2.05) is 54.5 Å². The molecule has 0 saturated carbocycles. The molecule has 0 bridgehead atoms. The first-order valence-corrected chi connectivity index (χ1v) is 9.44. The molecule has 0 aliphatic carbocycles. The van der Waals surface area contributed by atoms with Crippen molar-refractivity contribution in [3.8, 4) is 0 Å². The van der Waals surface area contributed by atoms with E-state index in [1.165, 1.54) is 0 Å². The molecular formula is C20H29BFNO4. The van der Waals surface area contributed by atoms with Crippen molar-refractivity contribution >= 4 is 18.7 Å². The number of halogens is 1. The Morgan fingerprint density at radius 2 is 1.78 bits per heavy atom. The molecule has 0 aromatic heterocycles. The van der Waals surface area contributed by atoms with Crippen LogP contribution >= 0.6 is 0 Å². The molecule has 3 rings (SSSR count). The number of rotatable bonds is 1. The van der Waals surface area contributed by atoms with Gasteiger partial charge in [-0.2, -0.15) is 0 Å². The van der Waals surface area contributed by atoms with E-state index in [-0.39, 0.29) is 12.4 Å². The maximum Gasteiger partial charge on any atom is 0.497 e. The van der Waals surface area contributed by atoms with Crippen LogP contribution in [0.2, 0.25) is 0 Å². The Morgan fingerprint density at radius 3 is 2.33 bits per heavy atom. The molecule has 0 spiro atoms. The summed E-state index contributed by atoms with van der Waals surface area (Å²) in [5.41, 5.74) is 0.135. The zero-order valence-electron chi connectivity index (χ0n) is 17.3. The molecule has 1 aromatic carbocycles. The molecule has 5 nitrogen and oxygen atoms in total. The van der Waals surface area contributed by atoms with Gasteiger partial charge in [-0.25, -0.2) is 9.18 Å². The molecule has 0 radical (unpaired) electrons. The Morgan fingerprint density at radius 1 is 1.19 bits per heavy atom. The number of amides is 1.